The van der Waals surface area contributed by atoms with Gasteiger partial charge in [0.15, 0.2) is 11.6 Å². The van der Waals surface area contributed by atoms with Gasteiger partial charge >= 0.3 is 0 Å². The molecule has 0 saturated carbocycles. The monoisotopic (exact) mass is 308 g/mol. The molecule has 1 aromatic rings. The Hall–Kier alpha value is -1.56. The van der Waals surface area contributed by atoms with Crippen LogP contribution in [0.3, 0.4) is 0 Å². The van der Waals surface area contributed by atoms with E-state index in [-0.39, 0.29) is 6.10 Å². The van der Waals surface area contributed by atoms with Crippen LogP contribution in [0.15, 0.2) is 0 Å². The van der Waals surface area contributed by atoms with Gasteiger partial charge in [0.2, 0.25) is 5.88 Å². The first-order chi connectivity index (χ1) is 10.6. The van der Waals surface area contributed by atoms with Crippen LogP contribution in [0.5, 0.6) is 5.88 Å². The van der Waals surface area contributed by atoms with Crippen molar-refractivity contribution in [2.24, 2.45) is 5.92 Å². The van der Waals surface area contributed by atoms with Crippen molar-refractivity contribution in [2.75, 3.05) is 30.8 Å². The average molecular weight is 308 g/mol. The molecule has 0 radical (unpaired) electrons. The Morgan fingerprint density at radius 3 is 2.86 bits per heavy atom. The second-order valence-corrected chi connectivity index (χ2v) is 6.11. The minimum atomic E-state index is -0.0461. The maximum absolute atomic E-state index is 6.16. The molecule has 1 fully saturated rings. The Balaban J connectivity index is 2.18. The van der Waals surface area contributed by atoms with Crippen molar-refractivity contribution in [3.8, 4) is 5.88 Å². The number of nitrogens with zero attached hydrogens (tertiary/aromatic N) is 2. The highest BCUT2D eigenvalue weighted by Crippen LogP contribution is 2.32. The first-order valence-electron chi connectivity index (χ1n) is 8.27. The number of nitrogens with one attached hydrogen (secondary N) is 1. The normalized spacial score (nSPS) is 17.9. The van der Waals surface area contributed by atoms with Crippen LogP contribution in [0.1, 0.15) is 58.4 Å². The molecule has 1 unspecified atom stereocenters. The predicted octanol–water partition coefficient (Wildman–Crippen LogP) is 3.16. The maximum Gasteiger partial charge on any atom is 0.242 e. The molecule has 124 valence electrons. The Morgan fingerprint density at radius 1 is 1.41 bits per heavy atom. The number of hydrogen-bond donors (Lipinski definition) is 2. The van der Waals surface area contributed by atoms with Crippen LogP contribution in [0.25, 0.3) is 0 Å². The quantitative estimate of drug-likeness (QED) is 0.767. The third kappa shape index (κ3) is 4.47. The molecule has 3 N–H and O–H groups in total. The van der Waals surface area contributed by atoms with Gasteiger partial charge in [0, 0.05) is 13.2 Å². The smallest absolute Gasteiger partial charge is 0.242 e. The molecule has 1 aromatic heterocycles. The molecule has 1 aliphatic rings. The Labute approximate surface area is 132 Å². The second kappa shape index (κ2) is 8.17. The van der Waals surface area contributed by atoms with Crippen molar-refractivity contribution in [2.45, 2.75) is 52.6 Å². The number of aromatic nitrogens is 2. The van der Waals surface area contributed by atoms with Crippen LogP contribution >= 0.6 is 0 Å². The predicted molar refractivity (Wildman–Crippen MR) is 88.1 cm³/mol. The van der Waals surface area contributed by atoms with Gasteiger partial charge in [0.25, 0.3) is 0 Å². The minimum Gasteiger partial charge on any atom is -0.476 e. The van der Waals surface area contributed by atoms with Gasteiger partial charge in [-0.05, 0) is 31.6 Å². The van der Waals surface area contributed by atoms with Gasteiger partial charge in [-0.15, -0.1) is 0 Å². The number of ether oxygens (including phenoxy) is 2. The number of anilines is 2. The lowest BCUT2D eigenvalue weighted by molar-refractivity contribution is 0.104. The van der Waals surface area contributed by atoms with Gasteiger partial charge in [-0.25, -0.2) is 4.98 Å². The lowest BCUT2D eigenvalue weighted by Gasteiger charge is -2.16. The molecule has 2 heterocycles. The van der Waals surface area contributed by atoms with Gasteiger partial charge in [0.05, 0.1) is 6.61 Å². The van der Waals surface area contributed by atoms with Crippen LogP contribution in [-0.2, 0) is 4.74 Å². The van der Waals surface area contributed by atoms with Gasteiger partial charge in [-0.1, -0.05) is 20.8 Å². The van der Waals surface area contributed by atoms with Crippen LogP contribution in [0, 0.1) is 5.92 Å². The van der Waals surface area contributed by atoms with Gasteiger partial charge in [-0.2, -0.15) is 4.98 Å². The van der Waals surface area contributed by atoms with Crippen molar-refractivity contribution in [1.29, 1.82) is 0 Å². The zero-order chi connectivity index (χ0) is 15.9. The highest BCUT2D eigenvalue weighted by atomic mass is 16.5. The molecule has 1 saturated heterocycles. The van der Waals surface area contributed by atoms with E-state index >= 15 is 0 Å². The summed E-state index contributed by atoms with van der Waals surface area (Å²) in [4.78, 5) is 9.04. The van der Waals surface area contributed by atoms with Crippen LogP contribution < -0.4 is 15.8 Å². The standard InChI is InChI=1S/C16H28N4O2/c1-4-9-22-16-13(17)15(18-8-7-11(2)3)19-14(20-16)12-6-5-10-21-12/h11-12H,4-10,17H2,1-3H3,(H,18,19,20). The fraction of sp³-hybridized carbons (Fsp3) is 0.750. The van der Waals surface area contributed by atoms with Gasteiger partial charge in [-0.3, -0.25) is 0 Å². The van der Waals surface area contributed by atoms with Crippen LogP contribution in [0.2, 0.25) is 0 Å². The number of rotatable bonds is 8. The summed E-state index contributed by atoms with van der Waals surface area (Å²) in [5.41, 5.74) is 6.64. The Bertz CT molecular complexity index is 473. The summed E-state index contributed by atoms with van der Waals surface area (Å²) < 4.78 is 11.4. The summed E-state index contributed by atoms with van der Waals surface area (Å²) >= 11 is 0. The first-order valence-corrected chi connectivity index (χ1v) is 8.27. The van der Waals surface area contributed by atoms with Crippen molar-refractivity contribution in [1.82, 2.24) is 9.97 Å². The topological polar surface area (TPSA) is 82.3 Å². The van der Waals surface area contributed by atoms with Crippen molar-refractivity contribution in [3.63, 3.8) is 0 Å². The highest BCUT2D eigenvalue weighted by Gasteiger charge is 2.24. The maximum atomic E-state index is 6.16. The Kier molecular flexibility index (Phi) is 6.24. The summed E-state index contributed by atoms with van der Waals surface area (Å²) in [6.45, 7) is 8.63. The molecule has 1 aliphatic heterocycles. The molecular weight excluding hydrogens is 280 g/mol. The van der Waals surface area contributed by atoms with E-state index in [9.17, 15) is 0 Å². The average Bonchev–Trinajstić information content (AvgIpc) is 3.01. The number of hydrogen-bond acceptors (Lipinski definition) is 6. The summed E-state index contributed by atoms with van der Waals surface area (Å²) in [6, 6.07) is 0. The fourth-order valence-corrected chi connectivity index (χ4v) is 2.31. The molecule has 0 aliphatic carbocycles. The largest absolute Gasteiger partial charge is 0.476 e. The molecule has 6 nitrogen and oxygen atoms in total. The van der Waals surface area contributed by atoms with E-state index in [1.54, 1.807) is 0 Å². The SMILES string of the molecule is CCCOc1nc(C2CCCO2)nc(NCCC(C)C)c1N. The fourth-order valence-electron chi connectivity index (χ4n) is 2.31. The summed E-state index contributed by atoms with van der Waals surface area (Å²) in [5, 5.41) is 3.31. The lowest BCUT2D eigenvalue weighted by atomic mass is 10.1. The molecular formula is C16H28N4O2. The summed E-state index contributed by atoms with van der Waals surface area (Å²) in [5.74, 6) is 2.43. The lowest BCUT2D eigenvalue weighted by Crippen LogP contribution is -2.14. The van der Waals surface area contributed by atoms with Gasteiger partial charge in [0.1, 0.15) is 11.8 Å². The first kappa shape index (κ1) is 16.8. The van der Waals surface area contributed by atoms with Crippen LogP contribution in [-0.4, -0.2) is 29.7 Å². The van der Waals surface area contributed by atoms with E-state index in [1.807, 2.05) is 0 Å². The molecule has 0 bridgehead atoms. The van der Waals surface area contributed by atoms with E-state index in [1.165, 1.54) is 0 Å². The molecule has 22 heavy (non-hydrogen) atoms. The van der Waals surface area contributed by atoms with E-state index in [4.69, 9.17) is 15.2 Å². The number of nitrogen functional groups attached to an aromatic ring is 1. The third-order valence-corrected chi connectivity index (χ3v) is 3.60. The zero-order valence-electron chi connectivity index (χ0n) is 13.9. The zero-order valence-corrected chi connectivity index (χ0v) is 13.9. The molecule has 6 heteroatoms. The van der Waals surface area contributed by atoms with Crippen LogP contribution in [0.4, 0.5) is 11.5 Å². The third-order valence-electron chi connectivity index (χ3n) is 3.60. The highest BCUT2D eigenvalue weighted by molar-refractivity contribution is 5.67. The van der Waals surface area contributed by atoms with Crippen molar-refractivity contribution < 1.29 is 9.47 Å². The summed E-state index contributed by atoms with van der Waals surface area (Å²) in [7, 11) is 0. The number of nitrogens with two attached hydrogens (primary N) is 1. The minimum absolute atomic E-state index is 0.0461. The van der Waals surface area contributed by atoms with E-state index in [0.717, 1.165) is 38.8 Å². The van der Waals surface area contributed by atoms with E-state index in [0.29, 0.717) is 35.7 Å². The van der Waals surface area contributed by atoms with E-state index in [2.05, 4.69) is 36.1 Å². The molecule has 0 spiro atoms. The molecule has 0 aromatic carbocycles. The Morgan fingerprint density at radius 2 is 2.23 bits per heavy atom. The molecule has 1 atom stereocenters. The van der Waals surface area contributed by atoms with E-state index < -0.39 is 0 Å². The second-order valence-electron chi connectivity index (χ2n) is 6.11. The summed E-state index contributed by atoms with van der Waals surface area (Å²) in [6.07, 6.45) is 3.91. The van der Waals surface area contributed by atoms with Crippen molar-refractivity contribution in [3.05, 3.63) is 5.82 Å². The van der Waals surface area contributed by atoms with Gasteiger partial charge < -0.3 is 20.5 Å². The molecule has 0 amide bonds. The van der Waals surface area contributed by atoms with Crippen molar-refractivity contribution >= 4 is 11.5 Å². The molecule has 2 rings (SSSR count).